The van der Waals surface area contributed by atoms with Crippen LogP contribution in [-0.4, -0.2) is 18.0 Å². The summed E-state index contributed by atoms with van der Waals surface area (Å²) in [4.78, 5) is 25.2. The van der Waals surface area contributed by atoms with Gasteiger partial charge in [-0.1, -0.05) is 25.1 Å². The fourth-order valence-corrected chi connectivity index (χ4v) is 2.99. The first kappa shape index (κ1) is 18.2. The van der Waals surface area contributed by atoms with Gasteiger partial charge < -0.3 is 10.1 Å². The molecule has 0 saturated heterocycles. The Kier molecular flexibility index (Phi) is 7.00. The number of esters is 1. The Hall–Kier alpha value is -2.14. The Bertz CT molecular complexity index is 650. The second kappa shape index (κ2) is 9.23. The maximum absolute atomic E-state index is 12.1. The Morgan fingerprint density at radius 2 is 1.96 bits per heavy atom. The van der Waals surface area contributed by atoms with Crippen molar-refractivity contribution in [3.05, 3.63) is 52.2 Å². The topological polar surface area (TPSA) is 55.4 Å². The number of aryl methyl sites for hydroxylation is 2. The number of amides is 1. The molecular weight excluding hydrogens is 322 g/mol. The second-order valence-corrected chi connectivity index (χ2v) is 6.64. The van der Waals surface area contributed by atoms with Crippen LogP contribution in [-0.2, 0) is 27.2 Å². The maximum atomic E-state index is 12.1. The number of anilines is 1. The van der Waals surface area contributed by atoms with Gasteiger partial charge in [0.25, 0.3) is 5.91 Å². The van der Waals surface area contributed by atoms with E-state index >= 15 is 0 Å². The van der Waals surface area contributed by atoms with Crippen LogP contribution >= 0.6 is 11.3 Å². The molecule has 0 aliphatic heterocycles. The molecule has 0 fully saturated rings. The molecule has 2 rings (SSSR count). The van der Waals surface area contributed by atoms with E-state index in [4.69, 9.17) is 4.74 Å². The van der Waals surface area contributed by atoms with E-state index < -0.39 is 6.10 Å². The van der Waals surface area contributed by atoms with Gasteiger partial charge in [-0.3, -0.25) is 9.59 Å². The first-order valence-electron chi connectivity index (χ1n) is 8.20. The first-order chi connectivity index (χ1) is 11.6. The molecule has 2 aromatic rings. The Morgan fingerprint density at radius 1 is 1.21 bits per heavy atom. The smallest absolute Gasteiger partial charge is 0.306 e. The average molecular weight is 345 g/mol. The van der Waals surface area contributed by atoms with Crippen molar-refractivity contribution < 1.29 is 14.3 Å². The van der Waals surface area contributed by atoms with E-state index in [1.165, 1.54) is 10.4 Å². The minimum atomic E-state index is -0.801. The SMILES string of the molecule is CCc1ccc(NC(=O)[C@H](C)OC(=O)CCCc2cccs2)cc1. The third-order valence-electron chi connectivity index (χ3n) is 3.69. The summed E-state index contributed by atoms with van der Waals surface area (Å²) in [6.45, 7) is 3.67. The third-order valence-corrected chi connectivity index (χ3v) is 4.63. The van der Waals surface area contributed by atoms with Gasteiger partial charge in [0.2, 0.25) is 0 Å². The lowest BCUT2D eigenvalue weighted by molar-refractivity contribution is -0.153. The summed E-state index contributed by atoms with van der Waals surface area (Å²) in [7, 11) is 0. The zero-order valence-corrected chi connectivity index (χ0v) is 14.9. The normalized spacial score (nSPS) is 11.8. The standard InChI is InChI=1S/C19H23NO3S/c1-3-15-9-11-16(12-10-15)20-19(22)14(2)23-18(21)8-4-6-17-7-5-13-24-17/h5,7,9-14H,3-4,6,8H2,1-2H3,(H,20,22)/t14-/m0/s1. The van der Waals surface area contributed by atoms with Crippen molar-refractivity contribution in [1.29, 1.82) is 0 Å². The molecule has 1 amide bonds. The highest BCUT2D eigenvalue weighted by atomic mass is 32.1. The van der Waals surface area contributed by atoms with E-state index in [1.807, 2.05) is 35.7 Å². The predicted octanol–water partition coefficient (Wildman–Crippen LogP) is 4.20. The largest absolute Gasteiger partial charge is 0.453 e. The van der Waals surface area contributed by atoms with Crippen LogP contribution in [0, 0.1) is 0 Å². The fourth-order valence-electron chi connectivity index (χ4n) is 2.24. The van der Waals surface area contributed by atoms with Gasteiger partial charge in [-0.25, -0.2) is 0 Å². The quantitative estimate of drug-likeness (QED) is 0.729. The lowest BCUT2D eigenvalue weighted by Gasteiger charge is -2.13. The monoisotopic (exact) mass is 345 g/mol. The number of carbonyl (C=O) groups excluding carboxylic acids is 2. The Morgan fingerprint density at radius 3 is 2.58 bits per heavy atom. The third kappa shape index (κ3) is 5.81. The molecule has 0 aliphatic carbocycles. The van der Waals surface area contributed by atoms with Crippen LogP contribution in [0.15, 0.2) is 41.8 Å². The van der Waals surface area contributed by atoms with E-state index in [2.05, 4.69) is 18.3 Å². The molecule has 0 unspecified atom stereocenters. The van der Waals surface area contributed by atoms with Crippen molar-refractivity contribution in [1.82, 2.24) is 0 Å². The molecule has 1 heterocycles. The number of nitrogens with one attached hydrogen (secondary N) is 1. The van der Waals surface area contributed by atoms with E-state index in [9.17, 15) is 9.59 Å². The average Bonchev–Trinajstić information content (AvgIpc) is 3.08. The highest BCUT2D eigenvalue weighted by Gasteiger charge is 2.17. The molecule has 0 bridgehead atoms. The summed E-state index contributed by atoms with van der Waals surface area (Å²) in [6.07, 6.45) is 2.06. The second-order valence-electron chi connectivity index (χ2n) is 5.60. The highest BCUT2D eigenvalue weighted by Crippen LogP contribution is 2.13. The van der Waals surface area contributed by atoms with Crippen molar-refractivity contribution in [3.63, 3.8) is 0 Å². The molecule has 128 valence electrons. The van der Waals surface area contributed by atoms with E-state index in [0.717, 1.165) is 19.3 Å². The van der Waals surface area contributed by atoms with Gasteiger partial charge in [-0.15, -0.1) is 11.3 Å². The van der Waals surface area contributed by atoms with E-state index in [1.54, 1.807) is 18.3 Å². The fraction of sp³-hybridized carbons (Fsp3) is 0.368. The van der Waals surface area contributed by atoms with Crippen LogP contribution in [0.2, 0.25) is 0 Å². The molecule has 1 atom stereocenters. The zero-order valence-electron chi connectivity index (χ0n) is 14.1. The van der Waals surface area contributed by atoms with Crippen LogP contribution in [0.3, 0.4) is 0 Å². The van der Waals surface area contributed by atoms with Crippen molar-refractivity contribution in [3.8, 4) is 0 Å². The number of benzene rings is 1. The van der Waals surface area contributed by atoms with Crippen LogP contribution < -0.4 is 5.32 Å². The molecule has 24 heavy (non-hydrogen) atoms. The lowest BCUT2D eigenvalue weighted by Crippen LogP contribution is -2.29. The van der Waals surface area contributed by atoms with Crippen molar-refractivity contribution in [2.45, 2.75) is 45.6 Å². The Labute approximate surface area is 146 Å². The van der Waals surface area contributed by atoms with Crippen molar-refractivity contribution in [2.75, 3.05) is 5.32 Å². The number of thiophene rings is 1. The first-order valence-corrected chi connectivity index (χ1v) is 9.08. The van der Waals surface area contributed by atoms with Crippen molar-refractivity contribution >= 4 is 28.9 Å². The zero-order chi connectivity index (χ0) is 17.4. The van der Waals surface area contributed by atoms with Gasteiger partial charge in [0.15, 0.2) is 6.10 Å². The molecular formula is C19H23NO3S. The number of carbonyl (C=O) groups is 2. The summed E-state index contributed by atoms with van der Waals surface area (Å²) in [6, 6.07) is 11.7. The van der Waals surface area contributed by atoms with Gasteiger partial charge in [-0.05, 0) is 55.3 Å². The highest BCUT2D eigenvalue weighted by molar-refractivity contribution is 7.09. The summed E-state index contributed by atoms with van der Waals surface area (Å²) in [5, 5.41) is 4.78. The Balaban J connectivity index is 1.72. The molecule has 5 heteroatoms. The number of hydrogen-bond acceptors (Lipinski definition) is 4. The molecule has 1 N–H and O–H groups in total. The molecule has 0 spiro atoms. The number of ether oxygens (including phenoxy) is 1. The molecule has 1 aromatic carbocycles. The van der Waals surface area contributed by atoms with Gasteiger partial charge in [0.1, 0.15) is 0 Å². The van der Waals surface area contributed by atoms with Gasteiger partial charge in [0.05, 0.1) is 0 Å². The summed E-state index contributed by atoms with van der Waals surface area (Å²) in [5.74, 6) is -0.651. The maximum Gasteiger partial charge on any atom is 0.306 e. The molecule has 0 radical (unpaired) electrons. The van der Waals surface area contributed by atoms with E-state index in [-0.39, 0.29) is 11.9 Å². The lowest BCUT2D eigenvalue weighted by atomic mass is 10.1. The molecule has 0 saturated carbocycles. The van der Waals surface area contributed by atoms with Gasteiger partial charge >= 0.3 is 5.97 Å². The minimum absolute atomic E-state index is 0.314. The van der Waals surface area contributed by atoms with Crippen LogP contribution in [0.25, 0.3) is 0 Å². The predicted molar refractivity (Wildman–Crippen MR) is 97.3 cm³/mol. The molecule has 0 aliphatic rings. The van der Waals surface area contributed by atoms with Crippen LogP contribution in [0.1, 0.15) is 37.1 Å². The van der Waals surface area contributed by atoms with Crippen LogP contribution in [0.4, 0.5) is 5.69 Å². The summed E-state index contributed by atoms with van der Waals surface area (Å²) in [5.41, 5.74) is 1.91. The van der Waals surface area contributed by atoms with Crippen molar-refractivity contribution in [2.24, 2.45) is 0 Å². The van der Waals surface area contributed by atoms with Gasteiger partial charge in [0, 0.05) is 17.0 Å². The number of hydrogen-bond donors (Lipinski definition) is 1. The summed E-state index contributed by atoms with van der Waals surface area (Å²) >= 11 is 1.68. The number of rotatable bonds is 8. The van der Waals surface area contributed by atoms with Crippen LogP contribution in [0.5, 0.6) is 0 Å². The van der Waals surface area contributed by atoms with E-state index in [0.29, 0.717) is 12.1 Å². The van der Waals surface area contributed by atoms with Gasteiger partial charge in [-0.2, -0.15) is 0 Å². The summed E-state index contributed by atoms with van der Waals surface area (Å²) < 4.78 is 5.20. The molecule has 4 nitrogen and oxygen atoms in total. The minimum Gasteiger partial charge on any atom is -0.453 e. The molecule has 1 aromatic heterocycles.